The van der Waals surface area contributed by atoms with Gasteiger partial charge in [-0.15, -0.1) is 11.3 Å². The zero-order chi connectivity index (χ0) is 20.6. The van der Waals surface area contributed by atoms with E-state index in [0.29, 0.717) is 40.5 Å². The number of fused-ring (bicyclic) bond motifs is 1. The fraction of sp³-hybridized carbons (Fsp3) is 0.190. The zero-order valence-electron chi connectivity index (χ0n) is 15.9. The van der Waals surface area contributed by atoms with Gasteiger partial charge in [-0.05, 0) is 43.3 Å². The van der Waals surface area contributed by atoms with Gasteiger partial charge in [-0.2, -0.15) is 0 Å². The van der Waals surface area contributed by atoms with E-state index >= 15 is 0 Å². The van der Waals surface area contributed by atoms with Crippen LogP contribution in [0.1, 0.15) is 24.4 Å². The molecule has 0 saturated carbocycles. The highest BCUT2D eigenvalue weighted by Crippen LogP contribution is 2.25. The highest BCUT2D eigenvalue weighted by molar-refractivity contribution is 7.10. The monoisotopic (exact) mass is 405 g/mol. The molecule has 0 radical (unpaired) electrons. The van der Waals surface area contributed by atoms with Crippen LogP contribution < -0.4 is 11.2 Å². The molecule has 0 spiro atoms. The predicted octanol–water partition coefficient (Wildman–Crippen LogP) is 2.71. The number of hydrogen-bond donors (Lipinski definition) is 3. The van der Waals surface area contributed by atoms with Gasteiger partial charge in [0.2, 0.25) is 5.43 Å². The minimum atomic E-state index is -1.28. The molecule has 29 heavy (non-hydrogen) atoms. The fourth-order valence-corrected chi connectivity index (χ4v) is 3.90. The number of nitrogens with one attached hydrogen (secondary N) is 1. The Morgan fingerprint density at radius 3 is 2.86 bits per heavy atom. The average Bonchev–Trinajstić information content (AvgIpc) is 3.41. The third-order valence-corrected chi connectivity index (χ3v) is 5.72. The zero-order valence-corrected chi connectivity index (χ0v) is 16.7. The SMILES string of the molecule is CCn1c(N)c(-c2ncc[nH]2)c(=O)c2ccc(C#CC(C)(O)c3cccs3)nc21. The molecule has 1 unspecified atom stereocenters. The van der Waals surface area contributed by atoms with Crippen molar-refractivity contribution >= 4 is 28.2 Å². The highest BCUT2D eigenvalue weighted by Gasteiger charge is 2.21. The van der Waals surface area contributed by atoms with Crippen LogP contribution in [0, 0.1) is 11.8 Å². The number of nitrogens with two attached hydrogens (primary N) is 1. The maximum Gasteiger partial charge on any atom is 0.204 e. The number of imidazole rings is 1. The van der Waals surface area contributed by atoms with Gasteiger partial charge in [0, 0.05) is 23.8 Å². The van der Waals surface area contributed by atoms with Crippen molar-refractivity contribution in [1.82, 2.24) is 19.5 Å². The Labute approximate surface area is 170 Å². The van der Waals surface area contributed by atoms with E-state index in [1.807, 2.05) is 24.4 Å². The Balaban J connectivity index is 1.87. The van der Waals surface area contributed by atoms with E-state index in [1.54, 1.807) is 36.0 Å². The summed E-state index contributed by atoms with van der Waals surface area (Å²) >= 11 is 1.43. The molecular weight excluding hydrogens is 386 g/mol. The molecular formula is C21H19N5O2S. The maximum atomic E-state index is 13.0. The van der Waals surface area contributed by atoms with Crippen molar-refractivity contribution in [3.8, 4) is 23.2 Å². The van der Waals surface area contributed by atoms with E-state index in [-0.39, 0.29) is 5.43 Å². The van der Waals surface area contributed by atoms with Crippen LogP contribution in [0.5, 0.6) is 0 Å². The van der Waals surface area contributed by atoms with Crippen molar-refractivity contribution < 1.29 is 5.11 Å². The number of aromatic nitrogens is 4. The van der Waals surface area contributed by atoms with Crippen LogP contribution in [0.15, 0.2) is 46.8 Å². The molecule has 8 heteroatoms. The Bertz CT molecular complexity index is 1290. The van der Waals surface area contributed by atoms with Gasteiger partial charge in [0.05, 0.1) is 5.39 Å². The molecule has 4 aromatic heterocycles. The molecule has 1 atom stereocenters. The predicted molar refractivity (Wildman–Crippen MR) is 114 cm³/mol. The number of aliphatic hydroxyl groups is 1. The number of aromatic amines is 1. The van der Waals surface area contributed by atoms with E-state index in [1.165, 1.54) is 11.3 Å². The first-order chi connectivity index (χ1) is 13.9. The average molecular weight is 405 g/mol. The lowest BCUT2D eigenvalue weighted by molar-refractivity contribution is 0.126. The summed E-state index contributed by atoms with van der Waals surface area (Å²) in [7, 11) is 0. The van der Waals surface area contributed by atoms with Gasteiger partial charge in [0.15, 0.2) is 5.60 Å². The number of anilines is 1. The van der Waals surface area contributed by atoms with Crippen LogP contribution in [0.2, 0.25) is 0 Å². The van der Waals surface area contributed by atoms with Crippen LogP contribution in [-0.4, -0.2) is 24.6 Å². The summed E-state index contributed by atoms with van der Waals surface area (Å²) in [5.74, 6) is 6.50. The largest absolute Gasteiger partial charge is 0.384 e. The maximum absolute atomic E-state index is 13.0. The second kappa shape index (κ2) is 7.20. The van der Waals surface area contributed by atoms with Crippen LogP contribution >= 0.6 is 11.3 Å². The number of nitrogen functional groups attached to an aromatic ring is 1. The first-order valence-electron chi connectivity index (χ1n) is 9.04. The number of hydrogen-bond acceptors (Lipinski definition) is 6. The number of thiophene rings is 1. The van der Waals surface area contributed by atoms with Gasteiger partial charge >= 0.3 is 0 Å². The number of nitrogens with zero attached hydrogens (tertiary/aromatic N) is 3. The van der Waals surface area contributed by atoms with E-state index in [2.05, 4.69) is 26.8 Å². The number of rotatable bonds is 3. The van der Waals surface area contributed by atoms with Gasteiger partial charge in [-0.25, -0.2) is 9.97 Å². The topological polar surface area (TPSA) is 110 Å². The lowest BCUT2D eigenvalue weighted by Crippen LogP contribution is -2.19. The molecule has 7 nitrogen and oxygen atoms in total. The Morgan fingerprint density at radius 2 is 2.21 bits per heavy atom. The third-order valence-electron chi connectivity index (χ3n) is 4.64. The molecule has 0 aliphatic rings. The molecule has 4 aromatic rings. The summed E-state index contributed by atoms with van der Waals surface area (Å²) in [5, 5.41) is 12.9. The molecule has 0 fully saturated rings. The van der Waals surface area contributed by atoms with E-state index in [9.17, 15) is 9.90 Å². The minimum Gasteiger partial charge on any atom is -0.384 e. The van der Waals surface area contributed by atoms with Crippen molar-refractivity contribution in [3.63, 3.8) is 0 Å². The molecule has 0 amide bonds. The molecule has 146 valence electrons. The smallest absolute Gasteiger partial charge is 0.204 e. The fourth-order valence-electron chi connectivity index (χ4n) is 3.15. The van der Waals surface area contributed by atoms with Crippen molar-refractivity contribution in [2.45, 2.75) is 26.0 Å². The van der Waals surface area contributed by atoms with Gasteiger partial charge in [0.1, 0.15) is 28.5 Å². The van der Waals surface area contributed by atoms with Crippen LogP contribution in [0.3, 0.4) is 0 Å². The molecule has 0 saturated heterocycles. The van der Waals surface area contributed by atoms with Crippen molar-refractivity contribution in [2.75, 3.05) is 5.73 Å². The Morgan fingerprint density at radius 1 is 1.38 bits per heavy atom. The lowest BCUT2D eigenvalue weighted by Gasteiger charge is -2.15. The highest BCUT2D eigenvalue weighted by atomic mass is 32.1. The van der Waals surface area contributed by atoms with Gasteiger partial charge in [0.25, 0.3) is 0 Å². The summed E-state index contributed by atoms with van der Waals surface area (Å²) in [6, 6.07) is 7.05. The Hall–Kier alpha value is -3.41. The van der Waals surface area contributed by atoms with Crippen LogP contribution in [0.4, 0.5) is 5.82 Å². The molecule has 0 aromatic carbocycles. The van der Waals surface area contributed by atoms with E-state index in [4.69, 9.17) is 5.73 Å². The molecule has 4 N–H and O–H groups in total. The number of pyridine rings is 2. The summed E-state index contributed by atoms with van der Waals surface area (Å²) in [6.45, 7) is 4.09. The van der Waals surface area contributed by atoms with Crippen LogP contribution in [-0.2, 0) is 12.1 Å². The second-order valence-electron chi connectivity index (χ2n) is 6.64. The molecule has 0 bridgehead atoms. The molecule has 4 rings (SSSR count). The van der Waals surface area contributed by atoms with Crippen molar-refractivity contribution in [3.05, 3.63) is 62.8 Å². The normalized spacial score (nSPS) is 13.1. The summed E-state index contributed by atoms with van der Waals surface area (Å²) in [6.07, 6.45) is 3.22. The van der Waals surface area contributed by atoms with Gasteiger partial charge < -0.3 is 20.4 Å². The van der Waals surface area contributed by atoms with E-state index < -0.39 is 5.60 Å². The summed E-state index contributed by atoms with van der Waals surface area (Å²) in [5.41, 5.74) is 6.00. The van der Waals surface area contributed by atoms with Gasteiger partial charge in [-0.1, -0.05) is 12.0 Å². The molecule has 0 aliphatic heterocycles. The number of aryl methyl sites for hydroxylation is 1. The van der Waals surface area contributed by atoms with Crippen molar-refractivity contribution in [2.24, 2.45) is 0 Å². The third kappa shape index (κ3) is 3.31. The first-order valence-corrected chi connectivity index (χ1v) is 9.92. The van der Waals surface area contributed by atoms with E-state index in [0.717, 1.165) is 4.88 Å². The standard InChI is InChI=1S/C21H19N5O2S/c1-3-26-18(22)16(19-23-10-11-24-19)17(27)14-7-6-13(25-20(14)26)8-9-21(2,28)15-5-4-12-29-15/h4-7,10-12,28H,3,22H2,1-2H3,(H,23,24). The summed E-state index contributed by atoms with van der Waals surface area (Å²) in [4.78, 5) is 25.4. The first kappa shape index (κ1) is 18.9. The lowest BCUT2D eigenvalue weighted by atomic mass is 10.1. The van der Waals surface area contributed by atoms with Gasteiger partial charge in [-0.3, -0.25) is 4.79 Å². The minimum absolute atomic E-state index is 0.241. The summed E-state index contributed by atoms with van der Waals surface area (Å²) < 4.78 is 1.76. The van der Waals surface area contributed by atoms with Crippen molar-refractivity contribution in [1.29, 1.82) is 0 Å². The molecule has 0 aliphatic carbocycles. The second-order valence-corrected chi connectivity index (χ2v) is 7.59. The Kier molecular flexibility index (Phi) is 4.70. The quantitative estimate of drug-likeness (QED) is 0.454. The number of H-pyrrole nitrogens is 1. The van der Waals surface area contributed by atoms with Crippen LogP contribution in [0.25, 0.3) is 22.4 Å². The molecule has 4 heterocycles.